The summed E-state index contributed by atoms with van der Waals surface area (Å²) in [6.07, 6.45) is 0.492. The molecule has 1 N–H and O–H groups in total. The van der Waals surface area contributed by atoms with Crippen LogP contribution in [0.2, 0.25) is 0 Å². The molecule has 5 heteroatoms. The maximum absolute atomic E-state index is 13.9. The lowest BCUT2D eigenvalue weighted by atomic mass is 10.0. The second kappa shape index (κ2) is 5.44. The highest BCUT2D eigenvalue weighted by Crippen LogP contribution is 2.30. The van der Waals surface area contributed by atoms with Gasteiger partial charge in [0.25, 0.3) is 0 Å². The van der Waals surface area contributed by atoms with Crippen LogP contribution in [0.25, 0.3) is 11.1 Å². The topological polar surface area (TPSA) is 57.6 Å². The fourth-order valence-corrected chi connectivity index (χ4v) is 2.34. The minimum Gasteiger partial charge on any atom is -0.508 e. The van der Waals surface area contributed by atoms with Crippen molar-refractivity contribution in [2.45, 2.75) is 6.42 Å². The van der Waals surface area contributed by atoms with Crippen molar-refractivity contribution in [3.05, 3.63) is 60.6 Å². The van der Waals surface area contributed by atoms with Gasteiger partial charge >= 0.3 is 0 Å². The third-order valence-corrected chi connectivity index (χ3v) is 3.37. The van der Waals surface area contributed by atoms with Gasteiger partial charge < -0.3 is 5.11 Å². The van der Waals surface area contributed by atoms with Gasteiger partial charge in [-0.05, 0) is 35.4 Å². The zero-order valence-corrected chi connectivity index (χ0v) is 11.5. The van der Waals surface area contributed by atoms with Crippen LogP contribution in [-0.2, 0) is 9.59 Å². The largest absolute Gasteiger partial charge is 0.508 e. The first-order valence-corrected chi connectivity index (χ1v) is 6.67. The summed E-state index contributed by atoms with van der Waals surface area (Å²) in [6.45, 7) is 0. The summed E-state index contributed by atoms with van der Waals surface area (Å²) in [5, 5.41) is 9.31. The lowest BCUT2D eigenvalue weighted by molar-refractivity contribution is -0.125. The number of carbonyl (C=O) groups excluding carboxylic acids is 2. The van der Waals surface area contributed by atoms with E-state index in [4.69, 9.17) is 0 Å². The Bertz CT molecular complexity index is 781. The average molecular weight is 297 g/mol. The van der Waals surface area contributed by atoms with Crippen molar-refractivity contribution in [1.82, 2.24) is 0 Å². The van der Waals surface area contributed by atoms with Gasteiger partial charge in [0.15, 0.2) is 5.78 Å². The number of amides is 1. The highest BCUT2D eigenvalue weighted by atomic mass is 19.1. The minimum atomic E-state index is -0.871. The summed E-state index contributed by atoms with van der Waals surface area (Å²) >= 11 is 0. The molecule has 0 atom stereocenters. The molecule has 0 unspecified atom stereocenters. The summed E-state index contributed by atoms with van der Waals surface area (Å²) in [5.74, 6) is -1.84. The van der Waals surface area contributed by atoms with Gasteiger partial charge in [-0.1, -0.05) is 24.3 Å². The highest BCUT2D eigenvalue weighted by molar-refractivity contribution is 6.14. The molecular weight excluding hydrogens is 285 g/mol. The Morgan fingerprint density at radius 3 is 2.41 bits per heavy atom. The molecule has 4 nitrogen and oxygen atoms in total. The fraction of sp³-hybridized carbons (Fsp3) is 0.0588. The van der Waals surface area contributed by atoms with E-state index in [1.165, 1.54) is 0 Å². The summed E-state index contributed by atoms with van der Waals surface area (Å²) < 4.78 is 13.9. The molecule has 2 aromatic rings. The second-order valence-electron chi connectivity index (χ2n) is 4.94. The second-order valence-corrected chi connectivity index (χ2v) is 4.94. The van der Waals surface area contributed by atoms with Crippen LogP contribution in [0.5, 0.6) is 5.75 Å². The Kier molecular flexibility index (Phi) is 3.47. The van der Waals surface area contributed by atoms with Gasteiger partial charge in [-0.2, -0.15) is 4.39 Å². The molecule has 0 aromatic heterocycles. The molecule has 0 saturated heterocycles. The van der Waals surface area contributed by atoms with Crippen molar-refractivity contribution in [2.75, 3.05) is 4.90 Å². The molecule has 1 amide bonds. The van der Waals surface area contributed by atoms with Crippen molar-refractivity contribution < 1.29 is 19.1 Å². The third-order valence-electron chi connectivity index (χ3n) is 3.37. The van der Waals surface area contributed by atoms with Crippen molar-refractivity contribution >= 4 is 17.4 Å². The van der Waals surface area contributed by atoms with Crippen molar-refractivity contribution in [2.24, 2.45) is 0 Å². The van der Waals surface area contributed by atoms with Crippen LogP contribution in [-0.4, -0.2) is 16.8 Å². The number of aromatic hydroxyl groups is 1. The summed E-state index contributed by atoms with van der Waals surface area (Å²) in [7, 11) is 0. The number of hydrogen-bond donors (Lipinski definition) is 1. The number of phenols is 1. The Morgan fingerprint density at radius 2 is 1.73 bits per heavy atom. The van der Waals surface area contributed by atoms with Gasteiger partial charge in [-0.15, -0.1) is 0 Å². The monoisotopic (exact) mass is 297 g/mol. The number of hydrogen-bond acceptors (Lipinski definition) is 3. The molecular formula is C17H12FNO3. The first kappa shape index (κ1) is 14.0. The molecule has 0 fully saturated rings. The first-order valence-electron chi connectivity index (χ1n) is 6.67. The zero-order valence-electron chi connectivity index (χ0n) is 11.5. The molecule has 3 rings (SSSR count). The van der Waals surface area contributed by atoms with Gasteiger partial charge in [-0.25, -0.2) is 0 Å². The minimum absolute atomic E-state index is 0.151. The standard InChI is InChI=1S/C17H12FNO3/c18-16-9-15(21)10-17(22)19(16)13-3-1-2-12(8-13)11-4-6-14(20)7-5-11/h1-9,20H,10H2. The average Bonchev–Trinajstić information content (AvgIpc) is 2.47. The number of nitrogens with zero attached hydrogens (tertiary/aromatic N) is 1. The summed E-state index contributed by atoms with van der Waals surface area (Å²) in [5.41, 5.74) is 1.95. The number of rotatable bonds is 2. The highest BCUT2D eigenvalue weighted by Gasteiger charge is 2.27. The van der Waals surface area contributed by atoms with Gasteiger partial charge in [-0.3, -0.25) is 14.5 Å². The molecule has 1 aliphatic rings. The normalized spacial score (nSPS) is 15.0. The first-order chi connectivity index (χ1) is 10.5. The van der Waals surface area contributed by atoms with Crippen LogP contribution in [0, 0.1) is 0 Å². The molecule has 110 valence electrons. The van der Waals surface area contributed by atoms with E-state index in [1.54, 1.807) is 42.5 Å². The zero-order chi connectivity index (χ0) is 15.7. The molecule has 2 aromatic carbocycles. The van der Waals surface area contributed by atoms with Crippen molar-refractivity contribution in [3.8, 4) is 16.9 Å². The van der Waals surface area contributed by atoms with Crippen LogP contribution >= 0.6 is 0 Å². The smallest absolute Gasteiger partial charge is 0.241 e. The van der Waals surface area contributed by atoms with E-state index in [1.807, 2.05) is 6.07 Å². The molecule has 0 aliphatic carbocycles. The van der Waals surface area contributed by atoms with E-state index in [0.29, 0.717) is 5.69 Å². The van der Waals surface area contributed by atoms with Crippen LogP contribution in [0.15, 0.2) is 60.6 Å². The van der Waals surface area contributed by atoms with E-state index in [9.17, 15) is 19.1 Å². The number of phenolic OH excluding ortho intramolecular Hbond substituents is 1. The maximum atomic E-state index is 13.9. The molecule has 0 bridgehead atoms. The number of benzene rings is 2. The molecule has 1 aliphatic heterocycles. The van der Waals surface area contributed by atoms with E-state index < -0.39 is 17.6 Å². The van der Waals surface area contributed by atoms with E-state index in [2.05, 4.69) is 0 Å². The van der Waals surface area contributed by atoms with Gasteiger partial charge in [0.1, 0.15) is 5.75 Å². The molecule has 22 heavy (non-hydrogen) atoms. The number of allylic oxidation sites excluding steroid dienone is 1. The summed E-state index contributed by atoms with van der Waals surface area (Å²) in [6, 6.07) is 13.3. The predicted molar refractivity (Wildman–Crippen MR) is 79.8 cm³/mol. The van der Waals surface area contributed by atoms with Crippen LogP contribution in [0.3, 0.4) is 0 Å². The van der Waals surface area contributed by atoms with Gasteiger partial charge in [0, 0.05) is 6.08 Å². The molecule has 1 heterocycles. The molecule has 0 spiro atoms. The third kappa shape index (κ3) is 2.61. The van der Waals surface area contributed by atoms with Gasteiger partial charge in [0.2, 0.25) is 11.9 Å². The lowest BCUT2D eigenvalue weighted by Gasteiger charge is -2.23. The number of anilines is 1. The SMILES string of the molecule is O=C1C=C(F)N(c2cccc(-c3ccc(O)cc3)c2)C(=O)C1. The Labute approximate surface area is 126 Å². The summed E-state index contributed by atoms with van der Waals surface area (Å²) in [4.78, 5) is 24.0. The maximum Gasteiger partial charge on any atom is 0.241 e. The fourth-order valence-electron chi connectivity index (χ4n) is 2.34. The van der Waals surface area contributed by atoms with E-state index >= 15 is 0 Å². The van der Waals surface area contributed by atoms with Crippen LogP contribution in [0.4, 0.5) is 10.1 Å². The predicted octanol–water partition coefficient (Wildman–Crippen LogP) is 3.18. The molecule has 0 saturated carbocycles. The van der Waals surface area contributed by atoms with Crippen LogP contribution < -0.4 is 4.90 Å². The van der Waals surface area contributed by atoms with Crippen molar-refractivity contribution in [1.29, 1.82) is 0 Å². The van der Waals surface area contributed by atoms with Crippen molar-refractivity contribution in [3.63, 3.8) is 0 Å². The Balaban J connectivity index is 2.01. The number of halogens is 1. The quantitative estimate of drug-likeness (QED) is 0.684. The van der Waals surface area contributed by atoms with E-state index in [-0.39, 0.29) is 12.2 Å². The van der Waals surface area contributed by atoms with E-state index in [0.717, 1.165) is 22.1 Å². The number of carbonyl (C=O) groups is 2. The lowest BCUT2D eigenvalue weighted by Crippen LogP contribution is -2.34. The van der Waals surface area contributed by atoms with Gasteiger partial charge in [0.05, 0.1) is 12.1 Å². The molecule has 0 radical (unpaired) electrons. The number of ketones is 1. The Hall–Kier alpha value is -2.95. The Morgan fingerprint density at radius 1 is 1.00 bits per heavy atom. The van der Waals surface area contributed by atoms with Crippen LogP contribution in [0.1, 0.15) is 6.42 Å².